The molecule has 2 aromatic carbocycles. The van der Waals surface area contributed by atoms with Gasteiger partial charge in [-0.25, -0.2) is 4.98 Å². The Balaban J connectivity index is 1.33. The Morgan fingerprint density at radius 3 is 2.78 bits per heavy atom. The van der Waals surface area contributed by atoms with Gasteiger partial charge in [0.2, 0.25) is 5.91 Å². The smallest absolute Gasteiger partial charge is 0.311 e. The number of carbonyl (C=O) groups is 2. The molecule has 138 valence electrons. The van der Waals surface area contributed by atoms with E-state index in [0.717, 1.165) is 20.8 Å². The highest BCUT2D eigenvalue weighted by Gasteiger charge is 2.35. The number of likely N-dealkylation sites (tertiary alicyclic amines) is 1. The van der Waals surface area contributed by atoms with Crippen LogP contribution in [0.15, 0.2) is 48.5 Å². The molecule has 2 heterocycles. The maximum Gasteiger partial charge on any atom is 0.311 e. The lowest BCUT2D eigenvalue weighted by atomic mass is 10.1. The molecule has 4 rings (SSSR count). The first-order chi connectivity index (χ1) is 13.1. The first-order valence-electron chi connectivity index (χ1n) is 8.93. The fraction of sp³-hybridized carbons (Fsp3) is 0.286. The van der Waals surface area contributed by atoms with Crippen LogP contribution in [0, 0.1) is 12.8 Å². The Hall–Kier alpha value is -2.73. The van der Waals surface area contributed by atoms with Crippen LogP contribution < -0.4 is 0 Å². The lowest BCUT2D eigenvalue weighted by molar-refractivity contribution is -0.149. The molecule has 1 saturated heterocycles. The maximum absolute atomic E-state index is 12.4. The summed E-state index contributed by atoms with van der Waals surface area (Å²) < 4.78 is 6.51. The molecule has 0 N–H and O–H groups in total. The highest BCUT2D eigenvalue weighted by molar-refractivity contribution is 7.18. The Kier molecular flexibility index (Phi) is 4.90. The predicted octanol–water partition coefficient (Wildman–Crippen LogP) is 3.70. The average molecular weight is 380 g/mol. The number of hydrogen-bond donors (Lipinski definition) is 0. The lowest BCUT2D eigenvalue weighted by Gasteiger charge is -2.16. The largest absolute Gasteiger partial charge is 0.458 e. The van der Waals surface area contributed by atoms with E-state index in [0.29, 0.717) is 13.1 Å². The van der Waals surface area contributed by atoms with Gasteiger partial charge < -0.3 is 9.64 Å². The highest BCUT2D eigenvalue weighted by Crippen LogP contribution is 2.24. The summed E-state index contributed by atoms with van der Waals surface area (Å²) in [7, 11) is 0. The Morgan fingerprint density at radius 1 is 1.22 bits per heavy atom. The van der Waals surface area contributed by atoms with Gasteiger partial charge in [-0.05, 0) is 24.6 Å². The van der Waals surface area contributed by atoms with E-state index in [4.69, 9.17) is 4.74 Å². The molecule has 1 atom stereocenters. The number of amides is 1. The molecular weight excluding hydrogens is 360 g/mol. The number of hydrogen-bond acceptors (Lipinski definition) is 5. The second-order valence-electron chi connectivity index (χ2n) is 6.84. The summed E-state index contributed by atoms with van der Waals surface area (Å²) >= 11 is 1.52. The highest BCUT2D eigenvalue weighted by atomic mass is 32.1. The van der Waals surface area contributed by atoms with E-state index in [1.807, 2.05) is 55.5 Å². The molecule has 27 heavy (non-hydrogen) atoms. The van der Waals surface area contributed by atoms with Crippen molar-refractivity contribution in [1.82, 2.24) is 9.88 Å². The van der Waals surface area contributed by atoms with Crippen molar-refractivity contribution in [2.24, 2.45) is 5.92 Å². The number of benzene rings is 2. The summed E-state index contributed by atoms with van der Waals surface area (Å²) in [5, 5.41) is 0.769. The van der Waals surface area contributed by atoms with Gasteiger partial charge >= 0.3 is 5.97 Å². The summed E-state index contributed by atoms with van der Waals surface area (Å²) in [6.45, 7) is 3.12. The number of carbonyl (C=O) groups excluding carboxylic acids is 2. The molecule has 1 fully saturated rings. The van der Waals surface area contributed by atoms with E-state index >= 15 is 0 Å². The molecule has 1 aromatic heterocycles. The van der Waals surface area contributed by atoms with E-state index in [2.05, 4.69) is 4.98 Å². The summed E-state index contributed by atoms with van der Waals surface area (Å²) in [4.78, 5) is 30.9. The van der Waals surface area contributed by atoms with Crippen molar-refractivity contribution in [1.29, 1.82) is 0 Å². The van der Waals surface area contributed by atoms with Crippen LogP contribution >= 0.6 is 11.3 Å². The molecule has 0 aliphatic carbocycles. The number of thiazole rings is 1. The minimum absolute atomic E-state index is 0.00230. The van der Waals surface area contributed by atoms with Gasteiger partial charge in [-0.15, -0.1) is 11.3 Å². The number of para-hydroxylation sites is 1. The van der Waals surface area contributed by atoms with Gasteiger partial charge in [-0.1, -0.05) is 42.0 Å². The van der Waals surface area contributed by atoms with E-state index in [1.54, 1.807) is 4.90 Å². The number of aromatic nitrogens is 1. The van der Waals surface area contributed by atoms with Crippen molar-refractivity contribution >= 4 is 33.4 Å². The Labute approximate surface area is 161 Å². The van der Waals surface area contributed by atoms with Crippen molar-refractivity contribution in [3.8, 4) is 0 Å². The van der Waals surface area contributed by atoms with Gasteiger partial charge in [-0.3, -0.25) is 9.59 Å². The molecule has 6 heteroatoms. The molecule has 0 radical (unpaired) electrons. The van der Waals surface area contributed by atoms with Gasteiger partial charge in [0.15, 0.2) is 0 Å². The fourth-order valence-corrected chi connectivity index (χ4v) is 4.11. The van der Waals surface area contributed by atoms with Crippen LogP contribution in [-0.4, -0.2) is 28.3 Å². The number of ether oxygens (including phenoxy) is 1. The van der Waals surface area contributed by atoms with Gasteiger partial charge in [0, 0.05) is 19.5 Å². The van der Waals surface area contributed by atoms with Gasteiger partial charge in [0.1, 0.15) is 11.6 Å². The molecule has 0 saturated carbocycles. The van der Waals surface area contributed by atoms with Crippen molar-refractivity contribution in [3.05, 3.63) is 64.7 Å². The SMILES string of the molecule is Cc1ccc(CN2C[C@H](C(=O)OCc3nc4ccccc4s3)CC2=O)cc1. The molecule has 1 amide bonds. The summed E-state index contributed by atoms with van der Waals surface area (Å²) in [5.74, 6) is -0.733. The van der Waals surface area contributed by atoms with Crippen LogP contribution in [-0.2, 0) is 27.5 Å². The third-order valence-electron chi connectivity index (χ3n) is 4.72. The fourth-order valence-electron chi connectivity index (χ4n) is 3.23. The van der Waals surface area contributed by atoms with Crippen LogP contribution in [0.1, 0.15) is 22.6 Å². The quantitative estimate of drug-likeness (QED) is 0.634. The van der Waals surface area contributed by atoms with Crippen molar-refractivity contribution in [2.75, 3.05) is 6.54 Å². The predicted molar refractivity (Wildman–Crippen MR) is 104 cm³/mol. The van der Waals surface area contributed by atoms with Gasteiger partial charge in [0.25, 0.3) is 0 Å². The second kappa shape index (κ2) is 7.48. The number of rotatable bonds is 5. The molecule has 5 nitrogen and oxygen atoms in total. The van der Waals surface area contributed by atoms with Crippen LogP contribution in [0.5, 0.6) is 0 Å². The van der Waals surface area contributed by atoms with Crippen LogP contribution in [0.2, 0.25) is 0 Å². The van der Waals surface area contributed by atoms with Crippen LogP contribution in [0.25, 0.3) is 10.2 Å². The minimum Gasteiger partial charge on any atom is -0.458 e. The van der Waals surface area contributed by atoms with Crippen molar-refractivity contribution < 1.29 is 14.3 Å². The molecule has 3 aromatic rings. The molecule has 1 aliphatic rings. The third-order valence-corrected chi connectivity index (χ3v) is 5.73. The van der Waals surface area contributed by atoms with Gasteiger partial charge in [-0.2, -0.15) is 0 Å². The molecule has 0 unspecified atom stereocenters. The summed E-state index contributed by atoms with van der Waals surface area (Å²) in [6, 6.07) is 15.9. The molecule has 0 bridgehead atoms. The lowest BCUT2D eigenvalue weighted by Crippen LogP contribution is -2.26. The van der Waals surface area contributed by atoms with Crippen molar-refractivity contribution in [2.45, 2.75) is 26.5 Å². The summed E-state index contributed by atoms with van der Waals surface area (Å²) in [5.41, 5.74) is 3.16. The Morgan fingerprint density at radius 2 is 2.00 bits per heavy atom. The van der Waals surface area contributed by atoms with E-state index in [9.17, 15) is 9.59 Å². The minimum atomic E-state index is -0.405. The topological polar surface area (TPSA) is 59.5 Å². The number of aryl methyl sites for hydroxylation is 1. The maximum atomic E-state index is 12.4. The van der Waals surface area contributed by atoms with Gasteiger partial charge in [0.05, 0.1) is 16.1 Å². The number of fused-ring (bicyclic) bond motifs is 1. The number of esters is 1. The van der Waals surface area contributed by atoms with E-state index in [-0.39, 0.29) is 24.9 Å². The molecule has 0 spiro atoms. The normalized spacial score (nSPS) is 16.9. The first kappa shape index (κ1) is 17.7. The zero-order chi connectivity index (χ0) is 18.8. The average Bonchev–Trinajstić information content (AvgIpc) is 3.25. The van der Waals surface area contributed by atoms with Crippen molar-refractivity contribution in [3.63, 3.8) is 0 Å². The molecule has 1 aliphatic heterocycles. The number of nitrogens with zero attached hydrogens (tertiary/aromatic N) is 2. The second-order valence-corrected chi connectivity index (χ2v) is 7.96. The monoisotopic (exact) mass is 380 g/mol. The Bertz CT molecular complexity index is 948. The standard InChI is InChI=1S/C21H20N2O3S/c1-14-6-8-15(9-7-14)11-23-12-16(10-20(23)24)21(25)26-13-19-22-17-4-2-3-5-18(17)27-19/h2-9,16H,10-13H2,1H3/t16-/m1/s1. The molecular formula is C21H20N2O3S. The zero-order valence-electron chi connectivity index (χ0n) is 15.1. The summed E-state index contributed by atoms with van der Waals surface area (Å²) in [6.07, 6.45) is 0.213. The first-order valence-corrected chi connectivity index (χ1v) is 9.74. The third kappa shape index (κ3) is 4.01. The van der Waals surface area contributed by atoms with Crippen LogP contribution in [0.4, 0.5) is 0 Å². The zero-order valence-corrected chi connectivity index (χ0v) is 15.9. The van der Waals surface area contributed by atoms with E-state index < -0.39 is 5.92 Å². The van der Waals surface area contributed by atoms with E-state index in [1.165, 1.54) is 16.9 Å². The van der Waals surface area contributed by atoms with Crippen LogP contribution in [0.3, 0.4) is 0 Å².